The molecule has 2 aliphatic heterocycles. The van der Waals surface area contributed by atoms with Crippen molar-refractivity contribution < 1.29 is 24.2 Å². The first-order valence-electron chi connectivity index (χ1n) is 6.64. The van der Waals surface area contributed by atoms with E-state index in [9.17, 15) is 14.4 Å². The molecule has 0 aromatic carbocycles. The molecule has 8 heteroatoms. The van der Waals surface area contributed by atoms with Crippen LogP contribution in [0.4, 0.5) is 4.79 Å². The highest BCUT2D eigenvalue weighted by Gasteiger charge is 2.32. The number of carboxylic acids is 1. The molecule has 0 bridgehead atoms. The monoisotopic (exact) mass is 285 g/mol. The minimum absolute atomic E-state index is 0.00207. The molecule has 3 amide bonds. The highest BCUT2D eigenvalue weighted by molar-refractivity contribution is 5.87. The molecule has 20 heavy (non-hydrogen) atoms. The second kappa shape index (κ2) is 6.08. The van der Waals surface area contributed by atoms with Crippen LogP contribution < -0.4 is 5.32 Å². The first-order chi connectivity index (χ1) is 9.49. The average Bonchev–Trinajstić information content (AvgIpc) is 2.44. The number of carbonyl (C=O) groups excluding carboxylic acids is 2. The van der Waals surface area contributed by atoms with E-state index in [1.807, 2.05) is 0 Å². The quantitative estimate of drug-likeness (QED) is 0.685. The topological polar surface area (TPSA) is 99.2 Å². The van der Waals surface area contributed by atoms with Crippen LogP contribution in [0.1, 0.15) is 12.8 Å². The molecule has 0 aliphatic carbocycles. The molecule has 0 aromatic rings. The minimum Gasteiger partial charge on any atom is -0.479 e. The lowest BCUT2D eigenvalue weighted by molar-refractivity contribution is -0.154. The zero-order valence-corrected chi connectivity index (χ0v) is 11.4. The van der Waals surface area contributed by atoms with Crippen molar-refractivity contribution in [2.45, 2.75) is 25.0 Å². The molecule has 2 heterocycles. The van der Waals surface area contributed by atoms with Crippen molar-refractivity contribution in [1.29, 1.82) is 0 Å². The van der Waals surface area contributed by atoms with E-state index in [0.29, 0.717) is 19.5 Å². The summed E-state index contributed by atoms with van der Waals surface area (Å²) in [6, 6.07) is -0.930. The molecule has 0 radical (unpaired) electrons. The Labute approximate surface area is 116 Å². The van der Waals surface area contributed by atoms with Gasteiger partial charge in [-0.05, 0) is 12.8 Å². The molecule has 2 saturated heterocycles. The maximum Gasteiger partial charge on any atom is 0.334 e. The van der Waals surface area contributed by atoms with Crippen molar-refractivity contribution in [2.24, 2.45) is 0 Å². The van der Waals surface area contributed by atoms with E-state index >= 15 is 0 Å². The number of rotatable bonds is 2. The van der Waals surface area contributed by atoms with E-state index in [1.54, 1.807) is 11.9 Å². The molecular weight excluding hydrogens is 266 g/mol. The van der Waals surface area contributed by atoms with Gasteiger partial charge in [-0.3, -0.25) is 4.79 Å². The van der Waals surface area contributed by atoms with Crippen LogP contribution in [-0.2, 0) is 14.3 Å². The summed E-state index contributed by atoms with van der Waals surface area (Å²) in [5.41, 5.74) is 0. The fourth-order valence-corrected chi connectivity index (χ4v) is 2.39. The summed E-state index contributed by atoms with van der Waals surface area (Å²) in [5.74, 6) is -1.19. The van der Waals surface area contributed by atoms with Crippen LogP contribution in [0.25, 0.3) is 0 Å². The van der Waals surface area contributed by atoms with Crippen molar-refractivity contribution in [3.05, 3.63) is 0 Å². The summed E-state index contributed by atoms with van der Waals surface area (Å²) < 4.78 is 5.05. The van der Waals surface area contributed by atoms with Crippen LogP contribution in [0.3, 0.4) is 0 Å². The molecule has 0 aromatic heterocycles. The lowest BCUT2D eigenvalue weighted by atomic mass is 10.1. The zero-order valence-electron chi connectivity index (χ0n) is 11.4. The van der Waals surface area contributed by atoms with Gasteiger partial charge < -0.3 is 25.0 Å². The number of hydrogen-bond acceptors (Lipinski definition) is 4. The van der Waals surface area contributed by atoms with E-state index in [-0.39, 0.29) is 19.1 Å². The van der Waals surface area contributed by atoms with Gasteiger partial charge in [-0.15, -0.1) is 0 Å². The van der Waals surface area contributed by atoms with Crippen LogP contribution in [0.5, 0.6) is 0 Å². The number of nitrogens with zero attached hydrogens (tertiary/aromatic N) is 2. The normalized spacial score (nSPS) is 27.4. The molecular formula is C12H19N3O5. The molecule has 0 spiro atoms. The third-order valence-electron chi connectivity index (χ3n) is 3.59. The molecule has 112 valence electrons. The fraction of sp³-hybridized carbons (Fsp3) is 0.750. The zero-order chi connectivity index (χ0) is 14.7. The minimum atomic E-state index is -1.09. The van der Waals surface area contributed by atoms with Crippen molar-refractivity contribution in [3.8, 4) is 0 Å². The number of morpholine rings is 1. The second-order valence-electron chi connectivity index (χ2n) is 5.05. The summed E-state index contributed by atoms with van der Waals surface area (Å²) >= 11 is 0. The Bertz CT molecular complexity index is 414. The molecule has 0 saturated carbocycles. The Morgan fingerprint density at radius 1 is 1.40 bits per heavy atom. The van der Waals surface area contributed by atoms with E-state index in [2.05, 4.69) is 5.32 Å². The van der Waals surface area contributed by atoms with Gasteiger partial charge in [0.05, 0.1) is 13.2 Å². The first-order valence-corrected chi connectivity index (χ1v) is 6.64. The van der Waals surface area contributed by atoms with Gasteiger partial charge in [0.2, 0.25) is 5.91 Å². The molecule has 2 aliphatic rings. The summed E-state index contributed by atoms with van der Waals surface area (Å²) in [4.78, 5) is 37.8. The number of likely N-dealkylation sites (tertiary alicyclic amines) is 1. The predicted octanol–water partition coefficient (Wildman–Crippen LogP) is -0.898. The Hall–Kier alpha value is -1.83. The van der Waals surface area contributed by atoms with Gasteiger partial charge in [-0.1, -0.05) is 0 Å². The van der Waals surface area contributed by atoms with Crippen LogP contribution in [-0.4, -0.2) is 78.2 Å². The number of nitrogens with one attached hydrogen (secondary N) is 1. The molecule has 8 nitrogen and oxygen atoms in total. The summed E-state index contributed by atoms with van der Waals surface area (Å²) in [5, 5.41) is 11.6. The highest BCUT2D eigenvalue weighted by Crippen LogP contribution is 2.11. The summed E-state index contributed by atoms with van der Waals surface area (Å²) in [6.07, 6.45) is 0.453. The van der Waals surface area contributed by atoms with Gasteiger partial charge in [0.15, 0.2) is 6.10 Å². The smallest absolute Gasteiger partial charge is 0.334 e. The van der Waals surface area contributed by atoms with Crippen molar-refractivity contribution in [1.82, 2.24) is 15.1 Å². The van der Waals surface area contributed by atoms with Gasteiger partial charge in [-0.25, -0.2) is 9.59 Å². The van der Waals surface area contributed by atoms with Gasteiger partial charge in [0, 0.05) is 20.1 Å². The van der Waals surface area contributed by atoms with Crippen molar-refractivity contribution in [2.75, 3.05) is 33.3 Å². The van der Waals surface area contributed by atoms with Gasteiger partial charge in [-0.2, -0.15) is 0 Å². The Kier molecular flexibility index (Phi) is 4.43. The predicted molar refractivity (Wildman–Crippen MR) is 68.1 cm³/mol. The number of carboxylic acid groups (broad SMARTS) is 1. The number of carbonyl (C=O) groups is 3. The average molecular weight is 285 g/mol. The highest BCUT2D eigenvalue weighted by atomic mass is 16.5. The first kappa shape index (κ1) is 14.6. The molecule has 2 atom stereocenters. The number of aliphatic carboxylic acids is 1. The molecule has 2 rings (SSSR count). The third-order valence-corrected chi connectivity index (χ3v) is 3.59. The van der Waals surface area contributed by atoms with Crippen LogP contribution in [0.2, 0.25) is 0 Å². The van der Waals surface area contributed by atoms with Crippen molar-refractivity contribution in [3.63, 3.8) is 0 Å². The van der Waals surface area contributed by atoms with Crippen LogP contribution in [0, 0.1) is 0 Å². The third kappa shape index (κ3) is 3.19. The van der Waals surface area contributed by atoms with Gasteiger partial charge in [0.25, 0.3) is 0 Å². The number of hydrogen-bond donors (Lipinski definition) is 2. The summed E-state index contributed by atoms with van der Waals surface area (Å²) in [7, 11) is 1.70. The molecule has 2 unspecified atom stereocenters. The Balaban J connectivity index is 1.91. The number of urea groups is 1. The SMILES string of the molecule is CN1CCCC(NC(=O)N2CCOC(C(=O)O)C2)C1=O. The van der Waals surface area contributed by atoms with E-state index < -0.39 is 24.1 Å². The Morgan fingerprint density at radius 2 is 2.15 bits per heavy atom. The standard InChI is InChI=1S/C12H19N3O5/c1-14-4-2-3-8(10(14)16)13-12(19)15-5-6-20-9(7-15)11(17)18/h8-9H,2-7H2,1H3,(H,13,19)(H,17,18). The second-order valence-corrected chi connectivity index (χ2v) is 5.05. The fourth-order valence-electron chi connectivity index (χ4n) is 2.39. The number of ether oxygens (including phenoxy) is 1. The Morgan fingerprint density at radius 3 is 2.85 bits per heavy atom. The van der Waals surface area contributed by atoms with Crippen molar-refractivity contribution >= 4 is 17.9 Å². The summed E-state index contributed by atoms with van der Waals surface area (Å²) in [6.45, 7) is 1.21. The van der Waals surface area contributed by atoms with Gasteiger partial charge >= 0.3 is 12.0 Å². The van der Waals surface area contributed by atoms with Crippen LogP contribution >= 0.6 is 0 Å². The lowest BCUT2D eigenvalue weighted by Gasteiger charge is -2.34. The van der Waals surface area contributed by atoms with E-state index in [4.69, 9.17) is 9.84 Å². The maximum atomic E-state index is 12.1. The maximum absolute atomic E-state index is 12.1. The number of likely N-dealkylation sites (N-methyl/N-ethyl adjacent to an activating group) is 1. The largest absolute Gasteiger partial charge is 0.479 e. The number of amides is 3. The molecule has 2 N–H and O–H groups in total. The van der Waals surface area contributed by atoms with E-state index in [1.165, 1.54) is 4.90 Å². The number of piperidine rings is 1. The lowest BCUT2D eigenvalue weighted by Crippen LogP contribution is -2.57. The van der Waals surface area contributed by atoms with Crippen LogP contribution in [0.15, 0.2) is 0 Å². The van der Waals surface area contributed by atoms with Gasteiger partial charge in [0.1, 0.15) is 6.04 Å². The van der Waals surface area contributed by atoms with E-state index in [0.717, 1.165) is 6.42 Å². The molecule has 2 fully saturated rings.